The van der Waals surface area contributed by atoms with Crippen LogP contribution in [0.15, 0.2) is 53.4 Å². The molecule has 0 radical (unpaired) electrons. The Hall–Kier alpha value is -2.87. The SMILES string of the molecule is COc1cc(C(=O)Nc2ccn(Cc3cccnc3)n2)cc(OC)c1Br. The minimum atomic E-state index is -0.305. The largest absolute Gasteiger partial charge is 0.495 e. The number of amides is 1. The first-order chi connectivity index (χ1) is 12.6. The Labute approximate surface area is 159 Å². The zero-order chi connectivity index (χ0) is 18.5. The summed E-state index contributed by atoms with van der Waals surface area (Å²) in [7, 11) is 3.06. The number of nitrogens with one attached hydrogen (secondary N) is 1. The molecule has 0 bridgehead atoms. The van der Waals surface area contributed by atoms with Gasteiger partial charge in [0, 0.05) is 30.2 Å². The number of pyridine rings is 1. The standard InChI is InChI=1S/C18H17BrN4O3/c1-25-14-8-13(9-15(26-2)17(14)19)18(24)21-16-5-7-23(22-16)11-12-4-3-6-20-10-12/h3-10H,11H2,1-2H3,(H,21,22,24). The maximum atomic E-state index is 12.5. The summed E-state index contributed by atoms with van der Waals surface area (Å²) >= 11 is 3.38. The van der Waals surface area contributed by atoms with Gasteiger partial charge in [-0.15, -0.1) is 0 Å². The first kappa shape index (κ1) is 17.9. The van der Waals surface area contributed by atoms with E-state index in [-0.39, 0.29) is 5.91 Å². The highest BCUT2D eigenvalue weighted by Crippen LogP contribution is 2.35. The Morgan fingerprint density at radius 1 is 1.23 bits per heavy atom. The minimum Gasteiger partial charge on any atom is -0.495 e. The molecule has 0 spiro atoms. The van der Waals surface area contributed by atoms with E-state index in [0.29, 0.717) is 33.9 Å². The van der Waals surface area contributed by atoms with E-state index in [1.54, 1.807) is 41.5 Å². The molecule has 0 saturated heterocycles. The Kier molecular flexibility index (Phi) is 5.52. The van der Waals surface area contributed by atoms with Crippen LogP contribution in [0.5, 0.6) is 11.5 Å². The zero-order valence-corrected chi connectivity index (χ0v) is 15.9. The van der Waals surface area contributed by atoms with Crippen molar-refractivity contribution in [3.8, 4) is 11.5 Å². The molecule has 3 aromatic rings. The van der Waals surface area contributed by atoms with Gasteiger partial charge in [-0.2, -0.15) is 5.10 Å². The molecule has 0 unspecified atom stereocenters. The summed E-state index contributed by atoms with van der Waals surface area (Å²) in [5, 5.41) is 7.13. The highest BCUT2D eigenvalue weighted by Gasteiger charge is 2.15. The Morgan fingerprint density at radius 3 is 2.58 bits per heavy atom. The smallest absolute Gasteiger partial charge is 0.257 e. The zero-order valence-electron chi connectivity index (χ0n) is 14.3. The molecular formula is C18H17BrN4O3. The van der Waals surface area contributed by atoms with E-state index < -0.39 is 0 Å². The van der Waals surface area contributed by atoms with Crippen molar-refractivity contribution in [2.75, 3.05) is 19.5 Å². The van der Waals surface area contributed by atoms with Gasteiger partial charge in [-0.1, -0.05) is 6.07 Å². The summed E-state index contributed by atoms with van der Waals surface area (Å²) in [5.74, 6) is 1.17. The number of rotatable bonds is 6. The molecule has 0 atom stereocenters. The van der Waals surface area contributed by atoms with Crippen LogP contribution in [0, 0.1) is 0 Å². The van der Waals surface area contributed by atoms with Crippen molar-refractivity contribution in [3.63, 3.8) is 0 Å². The van der Waals surface area contributed by atoms with Gasteiger partial charge in [-0.25, -0.2) is 0 Å². The molecular weight excluding hydrogens is 400 g/mol. The first-order valence-electron chi connectivity index (χ1n) is 7.76. The average molecular weight is 417 g/mol. The molecule has 1 amide bonds. The number of methoxy groups -OCH3 is 2. The molecule has 0 aliphatic heterocycles. The molecule has 26 heavy (non-hydrogen) atoms. The van der Waals surface area contributed by atoms with Crippen molar-refractivity contribution in [1.29, 1.82) is 0 Å². The van der Waals surface area contributed by atoms with Gasteiger partial charge >= 0.3 is 0 Å². The molecule has 0 aliphatic rings. The van der Waals surface area contributed by atoms with Gasteiger partial charge in [-0.05, 0) is 39.7 Å². The van der Waals surface area contributed by atoms with Crippen LogP contribution in [0.2, 0.25) is 0 Å². The molecule has 0 saturated carbocycles. The number of hydrogen-bond donors (Lipinski definition) is 1. The summed E-state index contributed by atoms with van der Waals surface area (Å²) in [6.07, 6.45) is 5.30. The van der Waals surface area contributed by atoms with Crippen LogP contribution < -0.4 is 14.8 Å². The van der Waals surface area contributed by atoms with Crippen LogP contribution >= 0.6 is 15.9 Å². The molecule has 0 fully saturated rings. The monoisotopic (exact) mass is 416 g/mol. The molecule has 7 nitrogen and oxygen atoms in total. The lowest BCUT2D eigenvalue weighted by Crippen LogP contribution is -2.13. The van der Waals surface area contributed by atoms with Gasteiger partial charge in [0.1, 0.15) is 16.0 Å². The number of aromatic nitrogens is 3. The highest BCUT2D eigenvalue weighted by atomic mass is 79.9. The quantitative estimate of drug-likeness (QED) is 0.666. The van der Waals surface area contributed by atoms with Gasteiger partial charge in [0.05, 0.1) is 20.8 Å². The van der Waals surface area contributed by atoms with Crippen LogP contribution in [0.25, 0.3) is 0 Å². The second-order valence-corrected chi connectivity index (χ2v) is 6.20. The lowest BCUT2D eigenvalue weighted by molar-refractivity contribution is 0.102. The van der Waals surface area contributed by atoms with Gasteiger partial charge in [-0.3, -0.25) is 14.5 Å². The van der Waals surface area contributed by atoms with Crippen molar-refractivity contribution < 1.29 is 14.3 Å². The predicted octanol–water partition coefficient (Wildman–Crippen LogP) is 3.36. The van der Waals surface area contributed by atoms with Gasteiger partial charge in [0.15, 0.2) is 5.82 Å². The normalized spacial score (nSPS) is 10.4. The van der Waals surface area contributed by atoms with Crippen LogP contribution in [0.1, 0.15) is 15.9 Å². The first-order valence-corrected chi connectivity index (χ1v) is 8.55. The fourth-order valence-electron chi connectivity index (χ4n) is 2.38. The summed E-state index contributed by atoms with van der Waals surface area (Å²) in [6.45, 7) is 0.573. The van der Waals surface area contributed by atoms with Crippen molar-refractivity contribution in [1.82, 2.24) is 14.8 Å². The summed E-state index contributed by atoms with van der Waals surface area (Å²) in [6, 6.07) is 8.84. The fraction of sp³-hybridized carbons (Fsp3) is 0.167. The summed E-state index contributed by atoms with van der Waals surface area (Å²) in [4.78, 5) is 16.6. The van der Waals surface area contributed by atoms with Crippen LogP contribution in [0.3, 0.4) is 0 Å². The molecule has 0 aliphatic carbocycles. The molecule has 3 rings (SSSR count). The van der Waals surface area contributed by atoms with E-state index in [0.717, 1.165) is 5.56 Å². The third-order valence-corrected chi connectivity index (χ3v) is 4.44. The second kappa shape index (κ2) is 8.01. The number of anilines is 1. The average Bonchev–Trinajstić information content (AvgIpc) is 3.09. The third kappa shape index (κ3) is 4.02. The van der Waals surface area contributed by atoms with E-state index in [4.69, 9.17) is 9.47 Å². The second-order valence-electron chi connectivity index (χ2n) is 5.41. The number of nitrogens with zero attached hydrogens (tertiary/aromatic N) is 3. The van der Waals surface area contributed by atoms with Gasteiger partial charge < -0.3 is 14.8 Å². The Morgan fingerprint density at radius 2 is 1.96 bits per heavy atom. The highest BCUT2D eigenvalue weighted by molar-refractivity contribution is 9.10. The third-order valence-electron chi connectivity index (χ3n) is 3.66. The van der Waals surface area contributed by atoms with Gasteiger partial charge in [0.25, 0.3) is 5.91 Å². The number of benzene rings is 1. The number of ether oxygens (including phenoxy) is 2. The van der Waals surface area contributed by atoms with Crippen molar-refractivity contribution in [2.45, 2.75) is 6.54 Å². The maximum Gasteiger partial charge on any atom is 0.257 e. The number of halogens is 1. The Bertz CT molecular complexity index is 887. The number of carbonyl (C=O) groups is 1. The lowest BCUT2D eigenvalue weighted by Gasteiger charge is -2.11. The minimum absolute atomic E-state index is 0.305. The number of hydrogen-bond acceptors (Lipinski definition) is 5. The maximum absolute atomic E-state index is 12.5. The molecule has 1 N–H and O–H groups in total. The van der Waals surface area contributed by atoms with Crippen molar-refractivity contribution >= 4 is 27.7 Å². The van der Waals surface area contributed by atoms with Crippen molar-refractivity contribution in [2.24, 2.45) is 0 Å². The van der Waals surface area contributed by atoms with Crippen LogP contribution in [0.4, 0.5) is 5.82 Å². The van der Waals surface area contributed by atoms with E-state index in [1.807, 2.05) is 12.1 Å². The molecule has 2 aromatic heterocycles. The lowest BCUT2D eigenvalue weighted by atomic mass is 10.2. The predicted molar refractivity (Wildman–Crippen MR) is 101 cm³/mol. The summed E-state index contributed by atoms with van der Waals surface area (Å²) in [5.41, 5.74) is 1.43. The van der Waals surface area contributed by atoms with E-state index in [1.165, 1.54) is 14.2 Å². The fourth-order valence-corrected chi connectivity index (χ4v) is 2.94. The molecule has 1 aromatic carbocycles. The topological polar surface area (TPSA) is 78.3 Å². The van der Waals surface area contributed by atoms with E-state index >= 15 is 0 Å². The molecule has 134 valence electrons. The Balaban J connectivity index is 1.74. The van der Waals surface area contributed by atoms with E-state index in [9.17, 15) is 4.79 Å². The molecule has 2 heterocycles. The van der Waals surface area contributed by atoms with Gasteiger partial charge in [0.2, 0.25) is 0 Å². The van der Waals surface area contributed by atoms with Crippen molar-refractivity contribution in [3.05, 3.63) is 64.5 Å². The summed E-state index contributed by atoms with van der Waals surface area (Å²) < 4.78 is 12.9. The van der Waals surface area contributed by atoms with Crippen LogP contribution in [-0.4, -0.2) is 34.9 Å². The van der Waals surface area contributed by atoms with E-state index in [2.05, 4.69) is 31.3 Å². The number of carbonyl (C=O) groups excluding carboxylic acids is 1. The van der Waals surface area contributed by atoms with Crippen LogP contribution in [-0.2, 0) is 6.54 Å². The molecule has 8 heteroatoms.